The third-order valence-electron chi connectivity index (χ3n) is 2.48. The molecule has 6 nitrogen and oxygen atoms in total. The van der Waals surface area contributed by atoms with E-state index in [-0.39, 0.29) is 0 Å². The Bertz CT molecular complexity index is 396. The zero-order valence-electron chi connectivity index (χ0n) is 8.26. The Hall–Kier alpha value is -0.965. The van der Waals surface area contributed by atoms with Crippen LogP contribution < -0.4 is 0 Å². The second-order valence-corrected chi connectivity index (χ2v) is 3.53. The van der Waals surface area contributed by atoms with E-state index in [1.807, 2.05) is 5.92 Å². The molecule has 0 radical (unpaired) electrons. The minimum Gasteiger partial charge on any atom is -0.393 e. The number of aliphatic hydroxyl groups excluding tert-OH is 2. The molecule has 4 atom stereocenters. The maximum Gasteiger partial charge on any atom is 0.218 e. The van der Waals surface area contributed by atoms with Crippen molar-refractivity contribution in [1.82, 2.24) is 0 Å². The van der Waals surface area contributed by atoms with Crippen LogP contribution in [0, 0.1) is 11.3 Å². The number of alkyl halides is 1. The second kappa shape index (κ2) is 4.49. The summed E-state index contributed by atoms with van der Waals surface area (Å²) >= 11 is 5.08. The molecule has 1 rings (SSSR count). The van der Waals surface area contributed by atoms with E-state index in [0.717, 1.165) is 0 Å². The van der Waals surface area contributed by atoms with Gasteiger partial charge in [0.15, 0.2) is 5.72 Å². The molecule has 0 bridgehead atoms. The molecule has 1 unspecified atom stereocenters. The number of ether oxygens (including phenoxy) is 1. The molecule has 1 aliphatic rings. The van der Waals surface area contributed by atoms with E-state index in [0.29, 0.717) is 0 Å². The Morgan fingerprint density at radius 3 is 2.81 bits per heavy atom. The first-order valence-corrected chi connectivity index (χ1v) is 4.69. The molecule has 0 amide bonds. The summed E-state index contributed by atoms with van der Waals surface area (Å²) in [5, 5.41) is 23.6. The van der Waals surface area contributed by atoms with Gasteiger partial charge in [-0.1, -0.05) is 5.11 Å². The van der Waals surface area contributed by atoms with Gasteiger partial charge >= 0.3 is 0 Å². The maximum atomic E-state index is 14.2. The fourth-order valence-electron chi connectivity index (χ4n) is 1.56. The highest BCUT2D eigenvalue weighted by Crippen LogP contribution is 2.40. The van der Waals surface area contributed by atoms with E-state index in [9.17, 15) is 9.50 Å². The fourth-order valence-corrected chi connectivity index (χ4v) is 1.70. The number of azide groups is 1. The molecule has 2 N–H and O–H groups in total. The lowest BCUT2D eigenvalue weighted by Gasteiger charge is -2.25. The molecule has 0 saturated carbocycles. The molecule has 16 heavy (non-hydrogen) atoms. The SMILES string of the molecule is B[C@@H]1O[C@@](CO)(N=[N+]=[N-])C(O)[C@]1(F)C#CCl. The average molecular weight is 247 g/mol. The van der Waals surface area contributed by atoms with Crippen LogP contribution in [0.25, 0.3) is 10.4 Å². The molecule has 0 aromatic heterocycles. The smallest absolute Gasteiger partial charge is 0.218 e. The summed E-state index contributed by atoms with van der Waals surface area (Å²) in [6.07, 6.45) is -1.91. The minimum absolute atomic E-state index is 0.863. The van der Waals surface area contributed by atoms with Crippen LogP contribution in [0.1, 0.15) is 0 Å². The van der Waals surface area contributed by atoms with Crippen LogP contribution in [0.4, 0.5) is 4.39 Å². The summed E-state index contributed by atoms with van der Waals surface area (Å²) in [7, 11) is 1.29. The van der Waals surface area contributed by atoms with Crippen molar-refractivity contribution in [3.05, 3.63) is 10.4 Å². The summed E-state index contributed by atoms with van der Waals surface area (Å²) in [5.74, 6) is 1.95. The first kappa shape index (κ1) is 13.1. The van der Waals surface area contributed by atoms with Crippen LogP contribution in [0.3, 0.4) is 0 Å². The van der Waals surface area contributed by atoms with Crippen molar-refractivity contribution < 1.29 is 19.3 Å². The normalized spacial score (nSPS) is 42.0. The number of hydrogen-bond acceptors (Lipinski definition) is 4. The van der Waals surface area contributed by atoms with Crippen LogP contribution in [0.15, 0.2) is 5.11 Å². The second-order valence-electron chi connectivity index (χ2n) is 3.34. The molecule has 0 spiro atoms. The van der Waals surface area contributed by atoms with E-state index in [4.69, 9.17) is 27.0 Å². The monoisotopic (exact) mass is 247 g/mol. The predicted octanol–water partition coefficient (Wildman–Crippen LogP) is -0.756. The van der Waals surface area contributed by atoms with Crippen molar-refractivity contribution in [1.29, 1.82) is 0 Å². The molecule has 1 saturated heterocycles. The van der Waals surface area contributed by atoms with Crippen LogP contribution in [-0.2, 0) is 4.74 Å². The number of halogens is 2. The van der Waals surface area contributed by atoms with Crippen molar-refractivity contribution in [3.8, 4) is 11.3 Å². The molecule has 1 fully saturated rings. The third kappa shape index (κ3) is 1.73. The highest BCUT2D eigenvalue weighted by atomic mass is 35.5. The molecule has 86 valence electrons. The largest absolute Gasteiger partial charge is 0.393 e. The lowest BCUT2D eigenvalue weighted by molar-refractivity contribution is -0.0947. The van der Waals surface area contributed by atoms with Gasteiger partial charge in [0.1, 0.15) is 14.0 Å². The van der Waals surface area contributed by atoms with Crippen molar-refractivity contribution >= 4 is 19.4 Å². The molecule has 1 heterocycles. The van der Waals surface area contributed by atoms with E-state index < -0.39 is 30.1 Å². The minimum atomic E-state index is -2.49. The quantitative estimate of drug-likeness (QED) is 0.221. The Labute approximate surface area is 96.4 Å². The Kier molecular flexibility index (Phi) is 3.68. The summed E-state index contributed by atoms with van der Waals surface area (Å²) in [6, 6.07) is -1.19. The van der Waals surface area contributed by atoms with Gasteiger partial charge < -0.3 is 14.9 Å². The molecule has 9 heteroatoms. The average Bonchev–Trinajstić information content (AvgIpc) is 2.43. The van der Waals surface area contributed by atoms with Gasteiger partial charge in [0.2, 0.25) is 5.67 Å². The first-order chi connectivity index (χ1) is 7.46. The highest BCUT2D eigenvalue weighted by Gasteiger charge is 2.62. The first-order valence-electron chi connectivity index (χ1n) is 4.31. The maximum absolute atomic E-state index is 14.2. The van der Waals surface area contributed by atoms with Crippen molar-refractivity contribution in [3.63, 3.8) is 0 Å². The van der Waals surface area contributed by atoms with E-state index >= 15 is 0 Å². The van der Waals surface area contributed by atoms with Crippen LogP contribution in [-0.4, -0.2) is 48.2 Å². The van der Waals surface area contributed by atoms with Gasteiger partial charge in [-0.2, -0.15) is 0 Å². The molecule has 1 aliphatic heterocycles. The topological polar surface area (TPSA) is 98.5 Å². The van der Waals surface area contributed by atoms with Gasteiger partial charge in [-0.25, -0.2) is 4.39 Å². The van der Waals surface area contributed by atoms with Crippen LogP contribution in [0.5, 0.6) is 0 Å². The molecular formula is C7H8BClFN3O3. The van der Waals surface area contributed by atoms with E-state index in [1.54, 1.807) is 5.38 Å². The fraction of sp³-hybridized carbons (Fsp3) is 0.714. The summed E-state index contributed by atoms with van der Waals surface area (Å²) in [5.41, 5.74) is 3.75. The molecule has 0 aromatic carbocycles. The zero-order valence-corrected chi connectivity index (χ0v) is 9.02. The highest BCUT2D eigenvalue weighted by molar-refractivity contribution is 6.30. The van der Waals surface area contributed by atoms with Gasteiger partial charge in [-0.15, -0.1) is 0 Å². The van der Waals surface area contributed by atoms with Gasteiger partial charge in [-0.05, 0) is 23.1 Å². The Balaban J connectivity index is 3.22. The van der Waals surface area contributed by atoms with Crippen molar-refractivity contribution in [2.45, 2.75) is 23.5 Å². The number of nitrogens with zero attached hydrogens (tertiary/aromatic N) is 3. The lowest BCUT2D eigenvalue weighted by atomic mass is 9.81. The Morgan fingerprint density at radius 1 is 1.75 bits per heavy atom. The van der Waals surface area contributed by atoms with Gasteiger partial charge in [-0.3, -0.25) is 0 Å². The van der Waals surface area contributed by atoms with Gasteiger partial charge in [0.25, 0.3) is 0 Å². The number of rotatable bonds is 2. The lowest BCUT2D eigenvalue weighted by Crippen LogP contribution is -2.49. The summed E-state index contributed by atoms with van der Waals surface area (Å²) in [6.45, 7) is -0.863. The van der Waals surface area contributed by atoms with Crippen LogP contribution in [0.2, 0.25) is 0 Å². The third-order valence-corrected chi connectivity index (χ3v) is 2.57. The number of hydrogen-bond donors (Lipinski definition) is 2. The summed E-state index contributed by atoms with van der Waals surface area (Å²) < 4.78 is 19.1. The summed E-state index contributed by atoms with van der Waals surface area (Å²) in [4.78, 5) is 2.40. The molecule has 0 aliphatic carbocycles. The predicted molar refractivity (Wildman–Crippen MR) is 55.9 cm³/mol. The Morgan fingerprint density at radius 2 is 2.38 bits per heavy atom. The standard InChI is InChI=1S/C7H8BClFN3O3/c8-5-6(10,1-2-9)4(15)7(3-14,16-5)12-13-11/h4-5,14-15H,3,8H2/t4?,5-,6-,7-/m1/s1. The van der Waals surface area contributed by atoms with E-state index in [2.05, 4.69) is 10.0 Å². The van der Waals surface area contributed by atoms with Gasteiger partial charge in [0, 0.05) is 10.3 Å². The van der Waals surface area contributed by atoms with Crippen molar-refractivity contribution in [2.24, 2.45) is 5.11 Å². The molecule has 0 aromatic rings. The number of aliphatic hydroxyl groups is 2. The van der Waals surface area contributed by atoms with Crippen LogP contribution >= 0.6 is 11.6 Å². The van der Waals surface area contributed by atoms with Crippen molar-refractivity contribution in [2.75, 3.05) is 6.61 Å². The van der Waals surface area contributed by atoms with Gasteiger partial charge in [0.05, 0.1) is 12.6 Å². The van der Waals surface area contributed by atoms with E-state index in [1.165, 1.54) is 7.85 Å². The molecular weight excluding hydrogens is 239 g/mol. The zero-order chi connectivity index (χ0) is 12.4.